The topological polar surface area (TPSA) is 81.8 Å². The molecule has 0 spiro atoms. The molecule has 6 aromatic rings. The van der Waals surface area contributed by atoms with Crippen molar-refractivity contribution < 1.29 is 113 Å². The van der Waals surface area contributed by atoms with E-state index in [0.29, 0.717) is 22.8 Å². The third-order valence-corrected chi connectivity index (χ3v) is 6.90. The van der Waals surface area contributed by atoms with Crippen LogP contribution < -0.4 is 113 Å². The molecule has 2 aliphatic rings. The number of fused-ring (bicyclic) bond motifs is 8. The van der Waals surface area contributed by atoms with Crippen molar-refractivity contribution >= 4 is 32.8 Å². The fourth-order valence-corrected chi connectivity index (χ4v) is 5.55. The van der Waals surface area contributed by atoms with Crippen molar-refractivity contribution in [3.63, 3.8) is 0 Å². The molecule has 8 rings (SSSR count). The summed E-state index contributed by atoms with van der Waals surface area (Å²) < 4.78 is 3.53. The van der Waals surface area contributed by atoms with Crippen LogP contribution in [0.5, 0.6) is 0 Å². The van der Waals surface area contributed by atoms with Crippen LogP contribution >= 0.6 is 0 Å². The molecule has 152 valence electrons. The van der Waals surface area contributed by atoms with Crippen LogP contribution in [0.1, 0.15) is 23.6 Å². The Hall–Kier alpha value is -0.727. The first-order valence-electron chi connectivity index (χ1n) is 10.6. The number of imidazole rings is 2. The maximum absolute atomic E-state index is 13.7. The molecule has 0 radical (unpaired) electrons. The zero-order chi connectivity index (χ0) is 21.1. The van der Waals surface area contributed by atoms with E-state index in [0.717, 1.165) is 44.0 Å². The van der Waals surface area contributed by atoms with E-state index in [2.05, 4.69) is 0 Å². The molecular formula is C26H14K2N4O2. The van der Waals surface area contributed by atoms with Crippen LogP contribution in [-0.4, -0.2) is 19.1 Å². The predicted octanol–water partition coefficient (Wildman–Crippen LogP) is -2.68. The predicted molar refractivity (Wildman–Crippen MR) is 118 cm³/mol. The molecule has 0 bridgehead atoms. The van der Waals surface area contributed by atoms with Gasteiger partial charge in [0.2, 0.25) is 0 Å². The number of para-hydroxylation sites is 4. The molecule has 0 N–H and O–H groups in total. The summed E-state index contributed by atoms with van der Waals surface area (Å²) in [7, 11) is 0. The van der Waals surface area contributed by atoms with Gasteiger partial charge in [-0.25, -0.2) is 9.97 Å². The van der Waals surface area contributed by atoms with E-state index in [4.69, 9.17) is 9.97 Å². The van der Waals surface area contributed by atoms with Crippen LogP contribution in [0.2, 0.25) is 0 Å². The summed E-state index contributed by atoms with van der Waals surface area (Å²) >= 11 is 0. The minimum Gasteiger partial charge on any atom is -0.832 e. The molecule has 2 aromatic heterocycles. The molecular weight excluding hydrogens is 479 g/mol. The number of benzene rings is 4. The average molecular weight is 493 g/mol. The molecule has 0 aliphatic carbocycles. The van der Waals surface area contributed by atoms with Gasteiger partial charge in [-0.05, 0) is 58.6 Å². The van der Waals surface area contributed by atoms with Gasteiger partial charge in [0.1, 0.15) is 11.6 Å². The molecule has 0 saturated carbocycles. The number of aromatic nitrogens is 4. The zero-order valence-corrected chi connectivity index (χ0v) is 24.9. The van der Waals surface area contributed by atoms with Gasteiger partial charge in [-0.1, -0.05) is 48.5 Å². The summed E-state index contributed by atoms with van der Waals surface area (Å²) in [5, 5.41) is 29.0. The van der Waals surface area contributed by atoms with Crippen LogP contribution in [-0.2, 0) is 0 Å². The quantitative estimate of drug-likeness (QED) is 0.217. The fourth-order valence-electron chi connectivity index (χ4n) is 5.55. The second-order valence-electron chi connectivity index (χ2n) is 8.45. The van der Waals surface area contributed by atoms with Crippen LogP contribution in [0.4, 0.5) is 0 Å². The Morgan fingerprint density at radius 1 is 0.559 bits per heavy atom. The van der Waals surface area contributed by atoms with Gasteiger partial charge in [0, 0.05) is 11.1 Å². The SMILES string of the molecule is [K+].[K+].[O-]C1c2ccc3c4c(ccc(c24)-c2nc4ccccc4n21)C([O-])n1c-3nc2ccccc21. The van der Waals surface area contributed by atoms with E-state index in [1.54, 1.807) is 9.13 Å². The Morgan fingerprint density at radius 3 is 1.41 bits per heavy atom. The van der Waals surface area contributed by atoms with Crippen molar-refractivity contribution in [2.75, 3.05) is 0 Å². The fraction of sp³-hybridized carbons (Fsp3) is 0.0769. The second-order valence-corrected chi connectivity index (χ2v) is 8.45. The summed E-state index contributed by atoms with van der Waals surface area (Å²) in [6, 6.07) is 23.1. The number of rotatable bonds is 0. The minimum absolute atomic E-state index is 0. The molecule has 34 heavy (non-hydrogen) atoms. The van der Waals surface area contributed by atoms with Crippen molar-refractivity contribution in [2.24, 2.45) is 0 Å². The van der Waals surface area contributed by atoms with E-state index in [-0.39, 0.29) is 103 Å². The Kier molecular flexibility index (Phi) is 5.85. The van der Waals surface area contributed by atoms with Gasteiger partial charge in [-0.2, -0.15) is 0 Å². The number of nitrogens with zero attached hydrogens (tertiary/aromatic N) is 4. The minimum atomic E-state index is -1.12. The van der Waals surface area contributed by atoms with Gasteiger partial charge in [-0.3, -0.25) is 0 Å². The molecule has 0 saturated heterocycles. The van der Waals surface area contributed by atoms with Gasteiger partial charge in [-0.15, -0.1) is 0 Å². The maximum Gasteiger partial charge on any atom is 1.00 e. The van der Waals surface area contributed by atoms with Crippen LogP contribution in [0.25, 0.3) is 55.6 Å². The van der Waals surface area contributed by atoms with E-state index in [1.807, 2.05) is 72.8 Å². The molecule has 0 amide bonds. The molecule has 2 atom stereocenters. The summed E-state index contributed by atoms with van der Waals surface area (Å²) in [6.45, 7) is 0. The molecule has 2 unspecified atom stereocenters. The average Bonchev–Trinajstić information content (AvgIpc) is 3.40. The Balaban J connectivity index is 0.00000109. The van der Waals surface area contributed by atoms with Crippen molar-refractivity contribution in [3.8, 4) is 22.8 Å². The molecule has 6 nitrogen and oxygen atoms in total. The summed E-state index contributed by atoms with van der Waals surface area (Å²) in [5.74, 6) is 1.31. The first kappa shape index (κ1) is 23.7. The summed E-state index contributed by atoms with van der Waals surface area (Å²) in [5.41, 5.74) is 6.37. The number of hydrogen-bond acceptors (Lipinski definition) is 4. The first-order valence-corrected chi connectivity index (χ1v) is 10.6. The van der Waals surface area contributed by atoms with Crippen LogP contribution in [0.15, 0.2) is 72.8 Å². The molecule has 8 heteroatoms. The van der Waals surface area contributed by atoms with Gasteiger partial charge in [0.15, 0.2) is 0 Å². The van der Waals surface area contributed by atoms with Crippen molar-refractivity contribution in [1.82, 2.24) is 19.1 Å². The van der Waals surface area contributed by atoms with E-state index in [9.17, 15) is 10.2 Å². The smallest absolute Gasteiger partial charge is 0.832 e. The van der Waals surface area contributed by atoms with E-state index < -0.39 is 12.5 Å². The molecule has 4 heterocycles. The van der Waals surface area contributed by atoms with Crippen molar-refractivity contribution in [1.29, 1.82) is 0 Å². The Bertz CT molecular complexity index is 1660. The zero-order valence-electron chi connectivity index (χ0n) is 18.7. The summed E-state index contributed by atoms with van der Waals surface area (Å²) in [6.07, 6.45) is -2.25. The van der Waals surface area contributed by atoms with Gasteiger partial charge >= 0.3 is 103 Å². The van der Waals surface area contributed by atoms with Crippen molar-refractivity contribution in [3.05, 3.63) is 83.9 Å². The monoisotopic (exact) mass is 492 g/mol. The molecule has 0 fully saturated rings. The third-order valence-electron chi connectivity index (χ3n) is 6.90. The maximum atomic E-state index is 13.7. The Labute approximate surface area is 279 Å². The third kappa shape index (κ3) is 2.91. The van der Waals surface area contributed by atoms with Crippen LogP contribution in [0, 0.1) is 0 Å². The largest absolute Gasteiger partial charge is 1.00 e. The second kappa shape index (κ2) is 8.41. The Morgan fingerprint density at radius 2 is 0.971 bits per heavy atom. The molecule has 4 aromatic carbocycles. The normalized spacial score (nSPS) is 17.2. The van der Waals surface area contributed by atoms with Gasteiger partial charge in [0.25, 0.3) is 0 Å². The standard InChI is InChI=1S/C26H14N4O2.2K/c31-25-15-12-10-14-22-16(26(32)30-20-8-4-2-6-18(20)28-24(14)30)11-9-13(21(15)22)23-27-17-5-1-3-7-19(17)29(23)25;;/h1-12,25-26H;;/q-2;2*+1. The van der Waals surface area contributed by atoms with Gasteiger partial charge in [0.05, 0.1) is 22.1 Å². The van der Waals surface area contributed by atoms with Gasteiger partial charge < -0.3 is 19.3 Å². The summed E-state index contributed by atoms with van der Waals surface area (Å²) in [4.78, 5) is 9.59. The van der Waals surface area contributed by atoms with Crippen LogP contribution in [0.3, 0.4) is 0 Å². The van der Waals surface area contributed by atoms with Crippen molar-refractivity contribution in [2.45, 2.75) is 12.5 Å². The van der Waals surface area contributed by atoms with E-state index >= 15 is 0 Å². The van der Waals surface area contributed by atoms with E-state index in [1.165, 1.54) is 0 Å². The number of hydrogen-bond donors (Lipinski definition) is 0. The first-order chi connectivity index (χ1) is 15.7. The molecule has 2 aliphatic heterocycles.